The van der Waals surface area contributed by atoms with Crippen LogP contribution in [0.25, 0.3) is 0 Å². The average molecular weight is 207 g/mol. The molecular weight excluding hydrogens is 190 g/mol. The van der Waals surface area contributed by atoms with Gasteiger partial charge >= 0.3 is 0 Å². The van der Waals surface area contributed by atoms with E-state index in [9.17, 15) is 0 Å². The number of hydrogen-bond acceptors (Lipinski definition) is 3. The van der Waals surface area contributed by atoms with Crippen molar-refractivity contribution in [2.24, 2.45) is 11.7 Å². The molecule has 2 atom stereocenters. The predicted molar refractivity (Wildman–Crippen MR) is 59.3 cm³/mol. The minimum atomic E-state index is 0.171. The van der Waals surface area contributed by atoms with Crippen LogP contribution in [-0.4, -0.2) is 19.8 Å². The molecule has 1 aromatic carbocycles. The molecule has 0 saturated carbocycles. The first kappa shape index (κ1) is 10.3. The number of fused-ring (bicyclic) bond motifs is 1. The summed E-state index contributed by atoms with van der Waals surface area (Å²) in [6.07, 6.45) is 0.976. The van der Waals surface area contributed by atoms with E-state index < -0.39 is 0 Å². The molecule has 82 valence electrons. The van der Waals surface area contributed by atoms with Crippen molar-refractivity contribution in [1.82, 2.24) is 0 Å². The second kappa shape index (κ2) is 4.11. The van der Waals surface area contributed by atoms with E-state index in [0.717, 1.165) is 24.5 Å². The van der Waals surface area contributed by atoms with Gasteiger partial charge in [0.05, 0.1) is 13.7 Å². The van der Waals surface area contributed by atoms with Gasteiger partial charge in [0.2, 0.25) is 0 Å². The highest BCUT2D eigenvalue weighted by Crippen LogP contribution is 2.31. The van der Waals surface area contributed by atoms with E-state index in [1.807, 2.05) is 25.1 Å². The van der Waals surface area contributed by atoms with Crippen molar-refractivity contribution in [3.8, 4) is 11.5 Å². The van der Waals surface area contributed by atoms with Gasteiger partial charge in [-0.1, -0.05) is 0 Å². The molecule has 0 bridgehead atoms. The molecule has 1 heterocycles. The highest BCUT2D eigenvalue weighted by molar-refractivity contribution is 5.41. The molecule has 15 heavy (non-hydrogen) atoms. The Labute approximate surface area is 90.2 Å². The zero-order valence-electron chi connectivity index (χ0n) is 9.19. The van der Waals surface area contributed by atoms with Crippen LogP contribution in [0.1, 0.15) is 12.5 Å². The zero-order valence-corrected chi connectivity index (χ0v) is 9.19. The number of ether oxygens (including phenoxy) is 2. The van der Waals surface area contributed by atoms with Crippen molar-refractivity contribution in [2.75, 3.05) is 13.7 Å². The standard InChI is InChI=1S/C12H17NO2/c1-8(13)10-5-9-6-11(14-2)3-4-12(9)15-7-10/h3-4,6,8,10H,5,7,13H2,1-2H3/t8-,10?/m0/s1. The molecule has 0 amide bonds. The summed E-state index contributed by atoms with van der Waals surface area (Å²) in [5.74, 6) is 2.25. The lowest BCUT2D eigenvalue weighted by Gasteiger charge is -2.27. The third-order valence-electron chi connectivity index (χ3n) is 2.95. The second-order valence-corrected chi connectivity index (χ2v) is 4.11. The van der Waals surface area contributed by atoms with Gasteiger partial charge in [-0.05, 0) is 37.1 Å². The molecule has 0 radical (unpaired) electrons. The number of methoxy groups -OCH3 is 1. The maximum atomic E-state index is 5.88. The number of benzene rings is 1. The molecule has 2 N–H and O–H groups in total. The third kappa shape index (κ3) is 2.07. The molecule has 0 saturated heterocycles. The molecule has 0 spiro atoms. The van der Waals surface area contributed by atoms with Crippen LogP contribution in [0.2, 0.25) is 0 Å². The van der Waals surface area contributed by atoms with Crippen molar-refractivity contribution in [2.45, 2.75) is 19.4 Å². The maximum absolute atomic E-state index is 5.88. The van der Waals surface area contributed by atoms with Crippen LogP contribution in [-0.2, 0) is 6.42 Å². The summed E-state index contributed by atoms with van der Waals surface area (Å²) < 4.78 is 10.9. The summed E-state index contributed by atoms with van der Waals surface area (Å²) in [5.41, 5.74) is 7.08. The van der Waals surface area contributed by atoms with Gasteiger partial charge in [0.15, 0.2) is 0 Å². The van der Waals surface area contributed by atoms with Crippen LogP contribution in [0.5, 0.6) is 11.5 Å². The van der Waals surface area contributed by atoms with Crippen LogP contribution >= 0.6 is 0 Å². The van der Waals surface area contributed by atoms with Gasteiger partial charge in [-0.3, -0.25) is 0 Å². The van der Waals surface area contributed by atoms with Gasteiger partial charge in [0.1, 0.15) is 11.5 Å². The number of hydrogen-bond donors (Lipinski definition) is 1. The van der Waals surface area contributed by atoms with Gasteiger partial charge in [-0.2, -0.15) is 0 Å². The van der Waals surface area contributed by atoms with Gasteiger partial charge in [-0.25, -0.2) is 0 Å². The molecule has 0 fully saturated rings. The molecule has 0 aromatic heterocycles. The first-order valence-corrected chi connectivity index (χ1v) is 5.26. The largest absolute Gasteiger partial charge is 0.497 e. The summed E-state index contributed by atoms with van der Waals surface area (Å²) in [4.78, 5) is 0. The summed E-state index contributed by atoms with van der Waals surface area (Å²) in [7, 11) is 1.68. The summed E-state index contributed by atoms with van der Waals surface area (Å²) >= 11 is 0. The SMILES string of the molecule is COc1ccc2c(c1)CC([C@H](C)N)CO2. The topological polar surface area (TPSA) is 44.5 Å². The van der Waals surface area contributed by atoms with Gasteiger partial charge in [-0.15, -0.1) is 0 Å². The molecular formula is C12H17NO2. The lowest BCUT2D eigenvalue weighted by Crippen LogP contribution is -2.35. The van der Waals surface area contributed by atoms with Crippen LogP contribution < -0.4 is 15.2 Å². The minimum Gasteiger partial charge on any atom is -0.497 e. The molecule has 1 aliphatic rings. The van der Waals surface area contributed by atoms with E-state index in [-0.39, 0.29) is 6.04 Å². The van der Waals surface area contributed by atoms with Crippen molar-refractivity contribution in [3.63, 3.8) is 0 Å². The van der Waals surface area contributed by atoms with E-state index in [1.54, 1.807) is 7.11 Å². The molecule has 3 heteroatoms. The number of rotatable bonds is 2. The van der Waals surface area contributed by atoms with Crippen molar-refractivity contribution >= 4 is 0 Å². The van der Waals surface area contributed by atoms with Gasteiger partial charge in [0.25, 0.3) is 0 Å². The first-order valence-electron chi connectivity index (χ1n) is 5.26. The second-order valence-electron chi connectivity index (χ2n) is 4.11. The van der Waals surface area contributed by atoms with Crippen LogP contribution in [0.3, 0.4) is 0 Å². The fourth-order valence-electron chi connectivity index (χ4n) is 1.86. The lowest BCUT2D eigenvalue weighted by atomic mass is 9.92. The Morgan fingerprint density at radius 2 is 2.33 bits per heavy atom. The van der Waals surface area contributed by atoms with Crippen LogP contribution in [0.15, 0.2) is 18.2 Å². The third-order valence-corrected chi connectivity index (χ3v) is 2.95. The van der Waals surface area contributed by atoms with E-state index >= 15 is 0 Å². The Hall–Kier alpha value is -1.22. The average Bonchev–Trinajstić information content (AvgIpc) is 2.27. The summed E-state index contributed by atoms with van der Waals surface area (Å²) in [6, 6.07) is 6.09. The Morgan fingerprint density at radius 1 is 1.53 bits per heavy atom. The summed E-state index contributed by atoms with van der Waals surface area (Å²) in [6.45, 7) is 2.75. The molecule has 1 aromatic rings. The molecule has 2 rings (SSSR count). The Morgan fingerprint density at radius 3 is 3.00 bits per heavy atom. The quantitative estimate of drug-likeness (QED) is 0.801. The van der Waals surface area contributed by atoms with E-state index in [1.165, 1.54) is 5.56 Å². The van der Waals surface area contributed by atoms with E-state index in [2.05, 4.69) is 0 Å². The van der Waals surface area contributed by atoms with Crippen LogP contribution in [0, 0.1) is 5.92 Å². The highest BCUT2D eigenvalue weighted by Gasteiger charge is 2.22. The molecule has 1 aliphatic heterocycles. The molecule has 1 unspecified atom stereocenters. The fraction of sp³-hybridized carbons (Fsp3) is 0.500. The molecule has 0 aliphatic carbocycles. The van der Waals surface area contributed by atoms with Crippen molar-refractivity contribution < 1.29 is 9.47 Å². The molecule has 3 nitrogen and oxygen atoms in total. The van der Waals surface area contributed by atoms with E-state index in [0.29, 0.717) is 5.92 Å². The highest BCUT2D eigenvalue weighted by atomic mass is 16.5. The van der Waals surface area contributed by atoms with Crippen LogP contribution in [0.4, 0.5) is 0 Å². The first-order chi connectivity index (χ1) is 7.20. The Bertz CT molecular complexity index is 349. The van der Waals surface area contributed by atoms with Crippen molar-refractivity contribution in [1.29, 1.82) is 0 Å². The minimum absolute atomic E-state index is 0.171. The van der Waals surface area contributed by atoms with E-state index in [4.69, 9.17) is 15.2 Å². The zero-order chi connectivity index (χ0) is 10.8. The smallest absolute Gasteiger partial charge is 0.122 e. The van der Waals surface area contributed by atoms with Gasteiger partial charge < -0.3 is 15.2 Å². The maximum Gasteiger partial charge on any atom is 0.122 e. The monoisotopic (exact) mass is 207 g/mol. The van der Waals surface area contributed by atoms with Crippen molar-refractivity contribution in [3.05, 3.63) is 23.8 Å². The predicted octanol–water partition coefficient (Wildman–Crippen LogP) is 1.59. The summed E-state index contributed by atoms with van der Waals surface area (Å²) in [5, 5.41) is 0. The fourth-order valence-corrected chi connectivity index (χ4v) is 1.86. The Balaban J connectivity index is 2.23. The van der Waals surface area contributed by atoms with Gasteiger partial charge in [0, 0.05) is 12.0 Å². The lowest BCUT2D eigenvalue weighted by molar-refractivity contribution is 0.204. The Kier molecular flexibility index (Phi) is 2.82. The number of nitrogens with two attached hydrogens (primary N) is 1. The normalized spacial score (nSPS) is 21.4.